The molecule has 0 aliphatic rings. The van der Waals surface area contributed by atoms with E-state index in [0.717, 1.165) is 0 Å². The third kappa shape index (κ3) is 3.89. The molecule has 0 bridgehead atoms. The molecule has 3 aromatic rings. The fourth-order valence-electron chi connectivity index (χ4n) is 2.54. The zero-order valence-electron chi connectivity index (χ0n) is 18.4. The van der Waals surface area contributed by atoms with Gasteiger partial charge in [-0.05, 0) is 26.0 Å². The van der Waals surface area contributed by atoms with Crippen molar-refractivity contribution in [2.45, 2.75) is 19.9 Å². The number of carbonyl (C=O) groups is 1. The Bertz CT molecular complexity index is 1100. The van der Waals surface area contributed by atoms with Crippen LogP contribution in [0.4, 0.5) is 11.4 Å². The molecule has 1 amide bonds. The van der Waals surface area contributed by atoms with Gasteiger partial charge in [-0.3, -0.25) is 4.79 Å². The third-order valence-corrected chi connectivity index (χ3v) is 4.08. The van der Waals surface area contributed by atoms with E-state index in [9.17, 15) is 4.79 Å². The Morgan fingerprint density at radius 1 is 1.29 bits per heavy atom. The van der Waals surface area contributed by atoms with Gasteiger partial charge in [-0.2, -0.15) is 0 Å². The fraction of sp³-hybridized carbons (Fsp3) is 0.278. The zero-order chi connectivity index (χ0) is 22.8. The molecule has 2 heterocycles. The van der Waals surface area contributed by atoms with Crippen molar-refractivity contribution in [3.8, 4) is 17.0 Å². The molecule has 0 aliphatic carbocycles. The predicted octanol–water partition coefficient (Wildman–Crippen LogP) is 3.08. The number of rotatable bonds is 6. The van der Waals surface area contributed by atoms with Crippen molar-refractivity contribution in [1.82, 2.24) is 30.5 Å². The van der Waals surface area contributed by atoms with Gasteiger partial charge in [0.05, 0.1) is 24.7 Å². The van der Waals surface area contributed by atoms with Gasteiger partial charge in [0.2, 0.25) is 0 Å². The van der Waals surface area contributed by atoms with Crippen LogP contribution in [0.3, 0.4) is 0 Å². The number of anilines is 2. The lowest BCUT2D eigenvalue weighted by molar-refractivity contribution is 0.0958. The first kappa shape index (κ1) is 15.8. The molecule has 146 valence electrons. The van der Waals surface area contributed by atoms with E-state index in [0.29, 0.717) is 22.7 Å². The summed E-state index contributed by atoms with van der Waals surface area (Å²) >= 11 is 5.95. The molecule has 1 aromatic carbocycles. The first-order valence-electron chi connectivity index (χ1n) is 9.81. The first-order chi connectivity index (χ1) is 14.6. The lowest BCUT2D eigenvalue weighted by Gasteiger charge is -2.15. The van der Waals surface area contributed by atoms with Crippen LogP contribution in [0.5, 0.6) is 5.75 Å². The topological polar surface area (TPSA) is 107 Å². The Morgan fingerprint density at radius 2 is 2.11 bits per heavy atom. The van der Waals surface area contributed by atoms with Gasteiger partial charge < -0.3 is 15.4 Å². The van der Waals surface area contributed by atoms with Gasteiger partial charge in [-0.25, -0.2) is 4.68 Å². The minimum absolute atomic E-state index is 0.0166. The number of methoxy groups -OCH3 is 1. The van der Waals surface area contributed by atoms with E-state index in [4.69, 9.17) is 20.5 Å². The Hall–Kier alpha value is -3.20. The minimum Gasteiger partial charge on any atom is -0.494 e. The lowest BCUT2D eigenvalue weighted by Crippen LogP contribution is -2.21. The Balaban J connectivity index is 2.01. The molecular weight excluding hydrogens is 382 g/mol. The SMILES string of the molecule is [2H]C([2H])([2H])NC(=O)c1nnc(Cl)cc1Nc1cccc(-c2cn(C(C)C)nn2)c1OC. The van der Waals surface area contributed by atoms with Crippen molar-refractivity contribution in [1.29, 1.82) is 0 Å². The van der Waals surface area contributed by atoms with Crippen LogP contribution in [0, 0.1) is 0 Å². The van der Waals surface area contributed by atoms with Crippen LogP contribution in [0.15, 0.2) is 30.5 Å². The van der Waals surface area contributed by atoms with Gasteiger partial charge in [0.15, 0.2) is 16.6 Å². The minimum atomic E-state index is -2.69. The van der Waals surface area contributed by atoms with Gasteiger partial charge >= 0.3 is 0 Å². The summed E-state index contributed by atoms with van der Waals surface area (Å²) in [6.07, 6.45) is 1.80. The Morgan fingerprint density at radius 3 is 2.79 bits per heavy atom. The molecule has 0 radical (unpaired) electrons. The number of hydrogen-bond acceptors (Lipinski definition) is 7. The van der Waals surface area contributed by atoms with E-state index in [1.54, 1.807) is 23.0 Å². The van der Waals surface area contributed by atoms with E-state index >= 15 is 0 Å². The fourth-order valence-corrected chi connectivity index (χ4v) is 2.69. The van der Waals surface area contributed by atoms with Crippen LogP contribution in [-0.4, -0.2) is 45.2 Å². The second-order valence-corrected chi connectivity index (χ2v) is 6.46. The molecule has 0 atom stereocenters. The number of para-hydroxylation sites is 1. The van der Waals surface area contributed by atoms with E-state index in [1.165, 1.54) is 13.2 Å². The number of hydrogen-bond donors (Lipinski definition) is 2. The van der Waals surface area contributed by atoms with Crippen LogP contribution < -0.4 is 15.4 Å². The molecule has 9 nitrogen and oxygen atoms in total. The van der Waals surface area contributed by atoms with E-state index in [1.807, 2.05) is 25.2 Å². The van der Waals surface area contributed by atoms with E-state index in [-0.39, 0.29) is 22.6 Å². The second-order valence-electron chi connectivity index (χ2n) is 6.07. The van der Waals surface area contributed by atoms with Crippen LogP contribution in [0.1, 0.15) is 34.5 Å². The highest BCUT2D eigenvalue weighted by Gasteiger charge is 2.18. The van der Waals surface area contributed by atoms with Gasteiger partial charge in [0, 0.05) is 28.8 Å². The van der Waals surface area contributed by atoms with Crippen molar-refractivity contribution in [2.24, 2.45) is 0 Å². The number of nitrogens with zero attached hydrogens (tertiary/aromatic N) is 5. The molecule has 0 unspecified atom stereocenters. The molecule has 0 fully saturated rings. The average molecular weight is 405 g/mol. The number of ether oxygens (including phenoxy) is 1. The highest BCUT2D eigenvalue weighted by molar-refractivity contribution is 6.29. The molecule has 0 saturated heterocycles. The summed E-state index contributed by atoms with van der Waals surface area (Å²) < 4.78 is 29.0. The summed E-state index contributed by atoms with van der Waals surface area (Å²) in [5, 5.41) is 20.6. The Kier molecular flexibility index (Phi) is 4.64. The van der Waals surface area contributed by atoms with E-state index in [2.05, 4.69) is 25.8 Å². The van der Waals surface area contributed by atoms with Gasteiger partial charge in [0.1, 0.15) is 5.69 Å². The molecule has 2 aromatic heterocycles. The quantitative estimate of drug-likeness (QED) is 0.650. The highest BCUT2D eigenvalue weighted by Crippen LogP contribution is 2.37. The highest BCUT2D eigenvalue weighted by atomic mass is 35.5. The maximum absolute atomic E-state index is 12.4. The maximum Gasteiger partial charge on any atom is 0.273 e. The second kappa shape index (κ2) is 8.22. The van der Waals surface area contributed by atoms with Gasteiger partial charge in [-0.1, -0.05) is 22.9 Å². The maximum atomic E-state index is 12.4. The summed E-state index contributed by atoms with van der Waals surface area (Å²) in [6, 6.07) is 6.81. The molecule has 10 heteroatoms. The average Bonchev–Trinajstić information content (AvgIpc) is 3.17. The molecule has 0 aliphatic heterocycles. The number of halogens is 1. The van der Waals surface area contributed by atoms with Crippen molar-refractivity contribution in [3.63, 3.8) is 0 Å². The van der Waals surface area contributed by atoms with Crippen molar-refractivity contribution < 1.29 is 13.6 Å². The summed E-state index contributed by atoms with van der Waals surface area (Å²) in [5.74, 6) is -0.491. The predicted molar refractivity (Wildman–Crippen MR) is 106 cm³/mol. The van der Waals surface area contributed by atoms with Crippen LogP contribution in [0.25, 0.3) is 11.3 Å². The van der Waals surface area contributed by atoms with Crippen LogP contribution in [0.2, 0.25) is 5.15 Å². The number of amides is 1. The number of benzene rings is 1. The summed E-state index contributed by atoms with van der Waals surface area (Å²) in [6.45, 7) is 1.29. The lowest BCUT2D eigenvalue weighted by atomic mass is 10.1. The summed E-state index contributed by atoms with van der Waals surface area (Å²) in [7, 11) is 1.50. The molecule has 3 rings (SSSR count). The van der Waals surface area contributed by atoms with Gasteiger partial charge in [0.25, 0.3) is 5.91 Å². The summed E-state index contributed by atoms with van der Waals surface area (Å²) in [5.41, 5.74) is 1.66. The van der Waals surface area contributed by atoms with Crippen molar-refractivity contribution >= 4 is 28.9 Å². The molecule has 0 saturated carbocycles. The Labute approximate surface area is 171 Å². The monoisotopic (exact) mass is 404 g/mol. The number of aromatic nitrogens is 5. The van der Waals surface area contributed by atoms with Crippen LogP contribution in [-0.2, 0) is 0 Å². The molecule has 2 N–H and O–H groups in total. The van der Waals surface area contributed by atoms with Crippen molar-refractivity contribution in [2.75, 3.05) is 19.4 Å². The molecule has 0 spiro atoms. The number of carbonyl (C=O) groups excluding carboxylic acids is 1. The standard InChI is InChI=1S/C18H20ClN7O2/c1-10(2)26-9-14(22-25-26)11-6-5-7-12(17(11)28-4)21-13-8-15(19)23-24-16(13)18(27)20-3/h5-10H,1-4H3,(H,20,27)(H,21,23)/i3D3. The molecular formula is C18H20ClN7O2. The smallest absolute Gasteiger partial charge is 0.273 e. The number of nitrogens with one attached hydrogen (secondary N) is 2. The first-order valence-corrected chi connectivity index (χ1v) is 8.69. The largest absolute Gasteiger partial charge is 0.494 e. The molecule has 28 heavy (non-hydrogen) atoms. The van der Waals surface area contributed by atoms with Crippen molar-refractivity contribution in [3.05, 3.63) is 41.3 Å². The third-order valence-electron chi connectivity index (χ3n) is 3.90. The summed E-state index contributed by atoms with van der Waals surface area (Å²) in [4.78, 5) is 12.4. The van der Waals surface area contributed by atoms with Gasteiger partial charge in [-0.15, -0.1) is 15.3 Å². The normalized spacial score (nSPS) is 12.8. The van der Waals surface area contributed by atoms with E-state index < -0.39 is 12.9 Å². The zero-order valence-corrected chi connectivity index (χ0v) is 16.2. The van der Waals surface area contributed by atoms with Crippen LogP contribution >= 0.6 is 11.6 Å².